The van der Waals surface area contributed by atoms with E-state index in [1.54, 1.807) is 0 Å². The first-order valence-electron chi connectivity index (χ1n) is 12.6. The van der Waals surface area contributed by atoms with Crippen LogP contribution in [0.25, 0.3) is 0 Å². The first-order valence-corrected chi connectivity index (χ1v) is 12.6. The smallest absolute Gasteiger partial charge is 0.309 e. The van der Waals surface area contributed by atoms with Gasteiger partial charge in [0.1, 0.15) is 12.2 Å². The standard InChI is InChI=1S/C25H38O13/c1-11(2)6-18(30)38-23-19-15(7-17(29)25(19,5)32)14(9-33-23)10-34-24-22(36-13(4)28)21(35-12(3)27)20(31)16(8-26)37-24/h9,11,15-17,19-24,26,29,31-32H,6-8,10H2,1-5H3/t15?,16-,17+,19?,20-,21+,22-,23+,24-,25-/m1/s1. The molecule has 0 amide bonds. The third-order valence-corrected chi connectivity index (χ3v) is 7.02. The molecule has 0 spiro atoms. The monoisotopic (exact) mass is 546 g/mol. The molecule has 13 heteroatoms. The molecular weight excluding hydrogens is 508 g/mol. The molecule has 0 radical (unpaired) electrons. The van der Waals surface area contributed by atoms with Gasteiger partial charge in [-0.15, -0.1) is 0 Å². The van der Waals surface area contributed by atoms with E-state index in [9.17, 15) is 34.8 Å². The van der Waals surface area contributed by atoms with Gasteiger partial charge in [0.15, 0.2) is 18.5 Å². The summed E-state index contributed by atoms with van der Waals surface area (Å²) in [6.45, 7) is 6.55. The lowest BCUT2D eigenvalue weighted by atomic mass is 9.81. The number of rotatable bonds is 9. The Morgan fingerprint density at radius 1 is 1.08 bits per heavy atom. The molecule has 1 saturated carbocycles. The minimum Gasteiger partial charge on any atom is -0.462 e. The fourth-order valence-corrected chi connectivity index (χ4v) is 5.18. The highest BCUT2D eigenvalue weighted by atomic mass is 16.7. The van der Waals surface area contributed by atoms with Crippen molar-refractivity contribution in [1.82, 2.24) is 0 Å². The molecule has 0 aromatic carbocycles. The maximum Gasteiger partial charge on any atom is 0.309 e. The molecule has 3 rings (SSSR count). The Kier molecular flexibility index (Phi) is 9.76. The SMILES string of the molecule is CC(=O)O[C@H]1[C@H](OCC2=CO[C@@H](OC(=O)CC(C)C)C3C2C[C@H](O)[C@@]3(C)O)O[C@H](CO)[C@@H](O)[C@@H]1OC(C)=O. The summed E-state index contributed by atoms with van der Waals surface area (Å²) in [6, 6.07) is 0. The largest absolute Gasteiger partial charge is 0.462 e. The van der Waals surface area contributed by atoms with Crippen LogP contribution < -0.4 is 0 Å². The van der Waals surface area contributed by atoms with Crippen molar-refractivity contribution in [3.63, 3.8) is 0 Å². The molecule has 4 N–H and O–H groups in total. The molecule has 10 atom stereocenters. The number of aliphatic hydroxyl groups is 4. The summed E-state index contributed by atoms with van der Waals surface area (Å²) in [4.78, 5) is 35.7. The van der Waals surface area contributed by atoms with Crippen molar-refractivity contribution in [3.05, 3.63) is 11.8 Å². The van der Waals surface area contributed by atoms with E-state index in [0.29, 0.717) is 5.57 Å². The van der Waals surface area contributed by atoms with Crippen LogP contribution in [0.4, 0.5) is 0 Å². The zero-order valence-corrected chi connectivity index (χ0v) is 22.1. The molecule has 13 nitrogen and oxygen atoms in total. The summed E-state index contributed by atoms with van der Waals surface area (Å²) in [5.41, 5.74) is -1.15. The van der Waals surface area contributed by atoms with Crippen molar-refractivity contribution in [2.75, 3.05) is 13.2 Å². The van der Waals surface area contributed by atoms with Crippen LogP contribution in [-0.4, -0.2) is 100 Å². The quantitative estimate of drug-likeness (QED) is 0.215. The Hall–Kier alpha value is -2.29. The van der Waals surface area contributed by atoms with Gasteiger partial charge >= 0.3 is 17.9 Å². The molecule has 2 fully saturated rings. The van der Waals surface area contributed by atoms with Gasteiger partial charge < -0.3 is 48.8 Å². The average Bonchev–Trinajstić information content (AvgIpc) is 3.04. The lowest BCUT2D eigenvalue weighted by molar-refractivity contribution is -0.304. The maximum atomic E-state index is 12.3. The third-order valence-electron chi connectivity index (χ3n) is 7.02. The van der Waals surface area contributed by atoms with E-state index in [4.69, 9.17) is 28.4 Å². The molecule has 2 unspecified atom stereocenters. The summed E-state index contributed by atoms with van der Waals surface area (Å²) < 4.78 is 33.1. The van der Waals surface area contributed by atoms with Gasteiger partial charge in [0.25, 0.3) is 0 Å². The van der Waals surface area contributed by atoms with Gasteiger partial charge in [-0.2, -0.15) is 0 Å². The van der Waals surface area contributed by atoms with Crippen LogP contribution in [0.2, 0.25) is 0 Å². The van der Waals surface area contributed by atoms with Crippen molar-refractivity contribution in [1.29, 1.82) is 0 Å². The minimum absolute atomic E-state index is 0.0498. The van der Waals surface area contributed by atoms with Crippen LogP contribution in [0.1, 0.15) is 47.5 Å². The lowest BCUT2D eigenvalue weighted by Gasteiger charge is -2.43. The molecule has 0 bridgehead atoms. The number of aliphatic hydroxyl groups excluding tert-OH is 3. The van der Waals surface area contributed by atoms with E-state index < -0.39 is 85.1 Å². The van der Waals surface area contributed by atoms with Crippen molar-refractivity contribution in [2.24, 2.45) is 17.8 Å². The predicted octanol–water partition coefficient (Wildman–Crippen LogP) is -0.478. The van der Waals surface area contributed by atoms with Crippen molar-refractivity contribution in [2.45, 2.75) is 96.2 Å². The van der Waals surface area contributed by atoms with E-state index in [2.05, 4.69) is 0 Å². The molecule has 0 aromatic heterocycles. The van der Waals surface area contributed by atoms with Crippen LogP contribution in [0.3, 0.4) is 0 Å². The van der Waals surface area contributed by atoms with E-state index in [1.807, 2.05) is 13.8 Å². The number of ether oxygens (including phenoxy) is 6. The molecule has 216 valence electrons. The van der Waals surface area contributed by atoms with E-state index >= 15 is 0 Å². The summed E-state index contributed by atoms with van der Waals surface area (Å²) in [7, 11) is 0. The molecular formula is C25H38O13. The van der Waals surface area contributed by atoms with Gasteiger partial charge in [0, 0.05) is 26.2 Å². The number of fused-ring (bicyclic) bond motifs is 1. The number of esters is 3. The van der Waals surface area contributed by atoms with Crippen molar-refractivity contribution < 1.29 is 63.2 Å². The molecule has 1 aliphatic carbocycles. The van der Waals surface area contributed by atoms with Crippen LogP contribution in [0.15, 0.2) is 11.8 Å². The van der Waals surface area contributed by atoms with Crippen molar-refractivity contribution >= 4 is 17.9 Å². The fourth-order valence-electron chi connectivity index (χ4n) is 5.18. The first-order chi connectivity index (χ1) is 17.8. The third kappa shape index (κ3) is 6.64. The van der Waals surface area contributed by atoms with Gasteiger partial charge in [0.2, 0.25) is 6.29 Å². The summed E-state index contributed by atoms with van der Waals surface area (Å²) in [5, 5.41) is 41.8. The van der Waals surface area contributed by atoms with Gasteiger partial charge in [-0.25, -0.2) is 0 Å². The van der Waals surface area contributed by atoms with Crippen LogP contribution in [0, 0.1) is 17.8 Å². The minimum atomic E-state index is -1.64. The van der Waals surface area contributed by atoms with Crippen LogP contribution >= 0.6 is 0 Å². The predicted molar refractivity (Wildman–Crippen MR) is 126 cm³/mol. The van der Waals surface area contributed by atoms with E-state index in [0.717, 1.165) is 13.8 Å². The Morgan fingerprint density at radius 2 is 1.71 bits per heavy atom. The molecule has 1 saturated heterocycles. The van der Waals surface area contributed by atoms with Crippen LogP contribution in [0.5, 0.6) is 0 Å². The van der Waals surface area contributed by atoms with Crippen molar-refractivity contribution in [3.8, 4) is 0 Å². The molecule has 2 aliphatic heterocycles. The fraction of sp³-hybridized carbons (Fsp3) is 0.800. The average molecular weight is 547 g/mol. The summed E-state index contributed by atoms with van der Waals surface area (Å²) in [6.07, 6.45) is -7.49. The Labute approximate surface area is 220 Å². The van der Waals surface area contributed by atoms with Gasteiger partial charge in [-0.3, -0.25) is 14.4 Å². The van der Waals surface area contributed by atoms with Gasteiger partial charge in [-0.05, 0) is 24.8 Å². The zero-order valence-electron chi connectivity index (χ0n) is 22.1. The number of hydrogen-bond acceptors (Lipinski definition) is 13. The Bertz CT molecular complexity index is 900. The highest BCUT2D eigenvalue weighted by Gasteiger charge is 2.58. The first kappa shape index (κ1) is 30.3. The number of hydrogen-bond donors (Lipinski definition) is 4. The van der Waals surface area contributed by atoms with Gasteiger partial charge in [-0.1, -0.05) is 13.8 Å². The molecule has 3 aliphatic rings. The molecule has 2 heterocycles. The van der Waals surface area contributed by atoms with E-state index in [-0.39, 0.29) is 25.4 Å². The maximum absolute atomic E-state index is 12.3. The topological polar surface area (TPSA) is 188 Å². The number of carbonyl (C=O) groups excluding carboxylic acids is 3. The number of carbonyl (C=O) groups is 3. The Morgan fingerprint density at radius 3 is 2.29 bits per heavy atom. The summed E-state index contributed by atoms with van der Waals surface area (Å²) in [5.74, 6) is -3.28. The zero-order chi connectivity index (χ0) is 28.4. The molecule has 38 heavy (non-hydrogen) atoms. The normalized spacial score (nSPS) is 38.6. The van der Waals surface area contributed by atoms with E-state index in [1.165, 1.54) is 13.2 Å². The second-order valence-electron chi connectivity index (χ2n) is 10.6. The Balaban J connectivity index is 1.81. The highest BCUT2D eigenvalue weighted by Crippen LogP contribution is 2.49. The van der Waals surface area contributed by atoms with Crippen LogP contribution in [-0.2, 0) is 42.8 Å². The van der Waals surface area contributed by atoms with Gasteiger partial charge in [0.05, 0.1) is 37.1 Å². The second-order valence-corrected chi connectivity index (χ2v) is 10.6. The highest BCUT2D eigenvalue weighted by molar-refractivity contribution is 5.69. The summed E-state index contributed by atoms with van der Waals surface area (Å²) >= 11 is 0. The lowest BCUT2D eigenvalue weighted by Crippen LogP contribution is -2.61. The second kappa shape index (κ2) is 12.3. The molecule has 0 aromatic rings.